The highest BCUT2D eigenvalue weighted by atomic mass is 15.2. The average molecular weight is 977 g/mol. The van der Waals surface area contributed by atoms with Crippen LogP contribution < -0.4 is 26.2 Å². The Hall–Kier alpha value is -10.1. The first kappa shape index (κ1) is 43.3. The molecule has 4 nitrogen and oxygen atoms in total. The molecule has 1 aromatic heterocycles. The molecule has 0 N–H and O–H groups in total. The van der Waals surface area contributed by atoms with E-state index in [1.807, 2.05) is 0 Å². The molecule has 0 fully saturated rings. The van der Waals surface area contributed by atoms with E-state index in [2.05, 4.69) is 283 Å². The summed E-state index contributed by atoms with van der Waals surface area (Å²) in [6.07, 6.45) is 0. The largest absolute Gasteiger partial charge is 0.311 e. The summed E-state index contributed by atoms with van der Waals surface area (Å²) < 4.78 is 0. The van der Waals surface area contributed by atoms with Gasteiger partial charge in [-0.25, -0.2) is 9.97 Å². The zero-order chi connectivity index (χ0) is 50.6. The summed E-state index contributed by atoms with van der Waals surface area (Å²) in [4.78, 5) is 16.1. The molecule has 0 aliphatic carbocycles. The molecule has 0 unspecified atom stereocenters. The lowest BCUT2D eigenvalue weighted by molar-refractivity contribution is 1.21. The molecule has 5 heteroatoms. The molecule has 0 saturated carbocycles. The maximum Gasteiger partial charge on any atom is 0.252 e. The number of aromatic nitrogens is 2. The Balaban J connectivity index is 1.04. The van der Waals surface area contributed by atoms with Gasteiger partial charge in [0.05, 0.1) is 11.2 Å². The summed E-state index contributed by atoms with van der Waals surface area (Å²) in [6.45, 7) is -0.136. The highest BCUT2D eigenvalue weighted by Crippen LogP contribution is 2.48. The molecule has 0 bridgehead atoms. The van der Waals surface area contributed by atoms with Crippen molar-refractivity contribution in [2.24, 2.45) is 0 Å². The Morgan fingerprint density at radius 3 is 1.19 bits per heavy atom. The lowest BCUT2D eigenvalue weighted by atomic mass is 9.33. The summed E-state index contributed by atoms with van der Waals surface area (Å²) in [7, 11) is 0. The molecule has 16 rings (SSSR count). The second kappa shape index (κ2) is 17.2. The fourth-order valence-corrected chi connectivity index (χ4v) is 12.6. The van der Waals surface area contributed by atoms with E-state index in [9.17, 15) is 0 Å². The van der Waals surface area contributed by atoms with Crippen LogP contribution in [0.1, 0.15) is 0 Å². The van der Waals surface area contributed by atoms with Gasteiger partial charge in [-0.3, -0.25) is 0 Å². The molecular weight excluding hydrogens is 932 g/mol. The van der Waals surface area contributed by atoms with Gasteiger partial charge in [-0.1, -0.05) is 218 Å². The van der Waals surface area contributed by atoms with Crippen molar-refractivity contribution in [3.8, 4) is 44.9 Å². The monoisotopic (exact) mass is 976 g/mol. The van der Waals surface area contributed by atoms with Crippen LogP contribution in [0.3, 0.4) is 0 Å². The summed E-state index contributed by atoms with van der Waals surface area (Å²) in [6, 6.07) is 100. The van der Waals surface area contributed by atoms with Crippen molar-refractivity contribution in [3.63, 3.8) is 0 Å². The third-order valence-corrected chi connectivity index (χ3v) is 16.2. The van der Waals surface area contributed by atoms with Gasteiger partial charge in [0, 0.05) is 50.6 Å². The maximum absolute atomic E-state index is 5.58. The lowest BCUT2D eigenvalue weighted by Crippen LogP contribution is -2.61. The lowest BCUT2D eigenvalue weighted by Gasteiger charge is -2.44. The van der Waals surface area contributed by atoms with Crippen LogP contribution >= 0.6 is 0 Å². The predicted molar refractivity (Wildman–Crippen MR) is 325 cm³/mol. The Bertz CT molecular complexity index is 4440. The second-order valence-corrected chi connectivity index (χ2v) is 20.5. The van der Waals surface area contributed by atoms with Crippen LogP contribution in [0.25, 0.3) is 98.9 Å². The molecule has 2 aliphatic rings. The fourth-order valence-electron chi connectivity index (χ4n) is 12.6. The SMILES string of the molecule is c1ccc(-c2ccc(N3c4cc5c(ccc6ccccc65)cc4B4c5cc6ccc7ccccc7c6cc5N(c5ccc(-c6ccccc6)cc5)c5cc(-c6nc(-c7ccccc7)c7ccccc7n6)cc3c54)cc2)cc1. The first-order chi connectivity index (χ1) is 38.2. The number of hydrogen-bond acceptors (Lipinski definition) is 4. The van der Waals surface area contributed by atoms with Crippen LogP contribution in [0.2, 0.25) is 0 Å². The van der Waals surface area contributed by atoms with Crippen LogP contribution in [-0.2, 0) is 0 Å². The zero-order valence-electron chi connectivity index (χ0n) is 41.8. The Kier molecular flexibility index (Phi) is 9.70. The van der Waals surface area contributed by atoms with E-state index in [0.29, 0.717) is 5.82 Å². The Morgan fingerprint density at radius 2 is 0.688 bits per heavy atom. The second-order valence-electron chi connectivity index (χ2n) is 20.5. The molecule has 2 aliphatic heterocycles. The molecule has 13 aromatic carbocycles. The van der Waals surface area contributed by atoms with Gasteiger partial charge in [-0.15, -0.1) is 0 Å². The van der Waals surface area contributed by atoms with Crippen LogP contribution in [0.15, 0.2) is 273 Å². The first-order valence-corrected chi connectivity index (χ1v) is 26.5. The quantitative estimate of drug-likeness (QED) is 0.123. The third kappa shape index (κ3) is 6.94. The molecular formula is C72H45BN4. The molecule has 0 amide bonds. The Labute approximate surface area is 446 Å². The average Bonchev–Trinajstić information content (AvgIpc) is 3.57. The van der Waals surface area contributed by atoms with Crippen LogP contribution in [0.5, 0.6) is 0 Å². The van der Waals surface area contributed by atoms with Crippen molar-refractivity contribution in [3.05, 3.63) is 273 Å². The van der Waals surface area contributed by atoms with Gasteiger partial charge in [0.2, 0.25) is 0 Å². The normalized spacial score (nSPS) is 12.6. The number of rotatable bonds is 6. The van der Waals surface area contributed by atoms with Crippen molar-refractivity contribution in [2.75, 3.05) is 9.80 Å². The van der Waals surface area contributed by atoms with E-state index in [4.69, 9.17) is 9.97 Å². The van der Waals surface area contributed by atoms with E-state index in [1.54, 1.807) is 0 Å². The Morgan fingerprint density at radius 1 is 0.273 bits per heavy atom. The molecule has 77 heavy (non-hydrogen) atoms. The summed E-state index contributed by atoms with van der Waals surface area (Å²) in [5.41, 5.74) is 18.9. The summed E-state index contributed by atoms with van der Waals surface area (Å²) in [5.74, 6) is 0.669. The van der Waals surface area contributed by atoms with Gasteiger partial charge in [-0.05, 0) is 136 Å². The van der Waals surface area contributed by atoms with Gasteiger partial charge >= 0.3 is 0 Å². The van der Waals surface area contributed by atoms with Crippen LogP contribution in [0, 0.1) is 0 Å². The highest BCUT2D eigenvalue weighted by Gasteiger charge is 2.44. The number of anilines is 6. The van der Waals surface area contributed by atoms with Gasteiger partial charge in [0.25, 0.3) is 6.71 Å². The van der Waals surface area contributed by atoms with E-state index < -0.39 is 0 Å². The van der Waals surface area contributed by atoms with Crippen LogP contribution in [0.4, 0.5) is 34.1 Å². The van der Waals surface area contributed by atoms with Crippen LogP contribution in [-0.4, -0.2) is 16.7 Å². The first-order valence-electron chi connectivity index (χ1n) is 26.5. The van der Waals surface area contributed by atoms with Gasteiger partial charge in [0.15, 0.2) is 5.82 Å². The van der Waals surface area contributed by atoms with Crippen molar-refractivity contribution in [1.82, 2.24) is 9.97 Å². The standard InChI is InChI=1S/C72H45BN4/c1-4-16-46(17-5-1)48-32-36-56(37-33-48)76-66-44-61-53(30-28-50-20-10-12-24-58(50)61)40-63(66)73-64-41-54-31-29-51-21-11-13-25-59(51)62(54)45-67(64)77(57-38-34-49(35-39-57)47-18-6-2-7-19-47)69-43-55(42-68(76)70(69)73)72-74-65-27-15-14-26-60(65)71(75-72)52-22-8-3-9-23-52/h1-45H. The highest BCUT2D eigenvalue weighted by molar-refractivity contribution is 7.00. The van der Waals surface area contributed by atoms with E-state index in [-0.39, 0.29) is 6.71 Å². The molecule has 0 radical (unpaired) electrons. The van der Waals surface area contributed by atoms with Crippen molar-refractivity contribution < 1.29 is 0 Å². The topological polar surface area (TPSA) is 32.3 Å². The van der Waals surface area contributed by atoms with E-state index in [1.165, 1.54) is 81.7 Å². The maximum atomic E-state index is 5.58. The van der Waals surface area contributed by atoms with Crippen molar-refractivity contribution in [2.45, 2.75) is 0 Å². The number of para-hydroxylation sites is 1. The van der Waals surface area contributed by atoms with Gasteiger partial charge in [-0.2, -0.15) is 0 Å². The third-order valence-electron chi connectivity index (χ3n) is 16.2. The predicted octanol–water partition coefficient (Wildman–Crippen LogP) is 17.0. The molecule has 0 saturated heterocycles. The molecule has 356 valence electrons. The molecule has 14 aromatic rings. The van der Waals surface area contributed by atoms with Gasteiger partial charge in [0.1, 0.15) is 0 Å². The molecule has 0 spiro atoms. The molecule has 0 atom stereocenters. The van der Waals surface area contributed by atoms with Crippen molar-refractivity contribution in [1.29, 1.82) is 0 Å². The number of nitrogens with zero attached hydrogens (tertiary/aromatic N) is 4. The number of hydrogen-bond donors (Lipinski definition) is 0. The minimum atomic E-state index is -0.136. The smallest absolute Gasteiger partial charge is 0.252 e. The van der Waals surface area contributed by atoms with Crippen molar-refractivity contribution >= 4 is 111 Å². The van der Waals surface area contributed by atoms with E-state index >= 15 is 0 Å². The number of benzene rings is 13. The summed E-state index contributed by atoms with van der Waals surface area (Å²) >= 11 is 0. The number of fused-ring (bicyclic) bond motifs is 11. The van der Waals surface area contributed by atoms with Gasteiger partial charge < -0.3 is 9.80 Å². The zero-order valence-corrected chi connectivity index (χ0v) is 41.8. The molecule has 3 heterocycles. The fraction of sp³-hybridized carbons (Fsp3) is 0. The minimum absolute atomic E-state index is 0.136. The van der Waals surface area contributed by atoms with E-state index in [0.717, 1.165) is 61.8 Å². The minimum Gasteiger partial charge on any atom is -0.311 e. The summed E-state index contributed by atoms with van der Waals surface area (Å²) in [5, 5.41) is 10.8.